The molecule has 2 N–H and O–H groups in total. The Kier molecular flexibility index (Phi) is 5.36. The molecule has 0 saturated heterocycles. The van der Waals surface area contributed by atoms with Crippen LogP contribution in [-0.2, 0) is 4.79 Å². The van der Waals surface area contributed by atoms with E-state index in [-0.39, 0.29) is 12.5 Å². The third-order valence-corrected chi connectivity index (χ3v) is 3.51. The number of aliphatic hydroxyl groups excluding tert-OH is 1. The molecule has 0 bridgehead atoms. The van der Waals surface area contributed by atoms with Crippen molar-refractivity contribution in [3.8, 4) is 5.75 Å². The van der Waals surface area contributed by atoms with Crippen LogP contribution in [0.5, 0.6) is 5.75 Å². The minimum absolute atomic E-state index is 0.0516. The molecular weight excluding hydrogens is 268 g/mol. The first-order valence-electron chi connectivity index (χ1n) is 7.24. The third-order valence-electron chi connectivity index (χ3n) is 3.51. The summed E-state index contributed by atoms with van der Waals surface area (Å²) in [5.74, 6) is 0.640. The van der Waals surface area contributed by atoms with Crippen molar-refractivity contribution in [2.24, 2.45) is 0 Å². The van der Waals surface area contributed by atoms with Crippen LogP contribution >= 0.6 is 0 Å². The number of aliphatic hydroxyl groups is 1. The first kappa shape index (κ1) is 15.5. The van der Waals surface area contributed by atoms with Crippen LogP contribution in [0.25, 0.3) is 0 Å². The fraction of sp³-hybridized carbons (Fsp3) is 0.438. The second kappa shape index (κ2) is 7.24. The number of ether oxygens (including phenoxy) is 1. The van der Waals surface area contributed by atoms with Gasteiger partial charge in [-0.2, -0.15) is 0 Å². The molecule has 0 aliphatic carbocycles. The van der Waals surface area contributed by atoms with Crippen molar-refractivity contribution in [2.45, 2.75) is 19.4 Å². The van der Waals surface area contributed by atoms with E-state index in [4.69, 9.17) is 4.74 Å². The second-order valence-electron chi connectivity index (χ2n) is 4.95. The lowest BCUT2D eigenvalue weighted by molar-refractivity contribution is -0.121. The van der Waals surface area contributed by atoms with Gasteiger partial charge < -0.3 is 20.1 Å². The predicted molar refractivity (Wildman–Crippen MR) is 82.6 cm³/mol. The van der Waals surface area contributed by atoms with E-state index in [0.29, 0.717) is 25.3 Å². The van der Waals surface area contributed by atoms with Crippen LogP contribution in [0.1, 0.15) is 25.0 Å². The van der Waals surface area contributed by atoms with Gasteiger partial charge in [0.15, 0.2) is 6.61 Å². The molecule has 1 aliphatic heterocycles. The minimum atomic E-state index is -0.566. The van der Waals surface area contributed by atoms with Gasteiger partial charge in [0, 0.05) is 13.1 Å². The Balaban J connectivity index is 2.10. The van der Waals surface area contributed by atoms with Gasteiger partial charge in [-0.3, -0.25) is 4.79 Å². The van der Waals surface area contributed by atoms with Crippen LogP contribution in [0.4, 0.5) is 5.69 Å². The predicted octanol–water partition coefficient (Wildman–Crippen LogP) is 1.63. The molecule has 1 atom stereocenters. The summed E-state index contributed by atoms with van der Waals surface area (Å²) < 4.78 is 5.42. The standard InChI is InChI=1S/C16H22N2O3/c1-3-8-17-9-7-14(19)12-5-6-15-13(10-12)18(4-2)16(20)11-21-15/h3,5-6,10,14,17,19H,1,4,7-9,11H2,2H3. The van der Waals surface area contributed by atoms with Crippen molar-refractivity contribution in [1.29, 1.82) is 0 Å². The highest BCUT2D eigenvalue weighted by molar-refractivity contribution is 5.97. The van der Waals surface area contributed by atoms with Crippen LogP contribution in [0.3, 0.4) is 0 Å². The van der Waals surface area contributed by atoms with Gasteiger partial charge >= 0.3 is 0 Å². The maximum Gasteiger partial charge on any atom is 0.265 e. The maximum atomic E-state index is 11.8. The average molecular weight is 290 g/mol. The van der Waals surface area contributed by atoms with Crippen molar-refractivity contribution in [3.05, 3.63) is 36.4 Å². The molecule has 0 aromatic heterocycles. The van der Waals surface area contributed by atoms with Crippen LogP contribution < -0.4 is 15.0 Å². The number of hydrogen-bond acceptors (Lipinski definition) is 4. The highest BCUT2D eigenvalue weighted by Crippen LogP contribution is 2.34. The number of carbonyl (C=O) groups is 1. The van der Waals surface area contributed by atoms with E-state index in [2.05, 4.69) is 11.9 Å². The molecule has 0 fully saturated rings. The largest absolute Gasteiger partial charge is 0.482 e. The zero-order valence-electron chi connectivity index (χ0n) is 12.3. The second-order valence-corrected chi connectivity index (χ2v) is 4.95. The summed E-state index contributed by atoms with van der Waals surface area (Å²) in [6, 6.07) is 5.51. The molecule has 1 amide bonds. The summed E-state index contributed by atoms with van der Waals surface area (Å²) in [6.07, 6.45) is 1.82. The number of fused-ring (bicyclic) bond motifs is 1. The van der Waals surface area contributed by atoms with E-state index in [9.17, 15) is 9.90 Å². The molecule has 2 rings (SSSR count). The van der Waals surface area contributed by atoms with Gasteiger partial charge in [-0.25, -0.2) is 0 Å². The van der Waals surface area contributed by atoms with E-state index in [1.807, 2.05) is 25.1 Å². The number of rotatable bonds is 7. The molecule has 1 aromatic carbocycles. The fourth-order valence-corrected chi connectivity index (χ4v) is 2.38. The summed E-state index contributed by atoms with van der Waals surface area (Å²) in [7, 11) is 0. The molecule has 0 saturated carbocycles. The van der Waals surface area contributed by atoms with E-state index in [1.54, 1.807) is 11.0 Å². The molecule has 5 heteroatoms. The van der Waals surface area contributed by atoms with Gasteiger partial charge in [-0.05, 0) is 37.6 Å². The Morgan fingerprint density at radius 3 is 3.10 bits per heavy atom. The molecule has 1 aliphatic rings. The lowest BCUT2D eigenvalue weighted by Crippen LogP contribution is -2.38. The topological polar surface area (TPSA) is 61.8 Å². The number of amides is 1. The smallest absolute Gasteiger partial charge is 0.265 e. The molecule has 1 heterocycles. The molecule has 0 spiro atoms. The first-order valence-corrected chi connectivity index (χ1v) is 7.24. The van der Waals surface area contributed by atoms with Gasteiger partial charge in [0.1, 0.15) is 5.75 Å². The Labute approximate surface area is 125 Å². The van der Waals surface area contributed by atoms with Crippen molar-refractivity contribution >= 4 is 11.6 Å². The van der Waals surface area contributed by atoms with Crippen molar-refractivity contribution < 1.29 is 14.6 Å². The van der Waals surface area contributed by atoms with E-state index >= 15 is 0 Å². The fourth-order valence-electron chi connectivity index (χ4n) is 2.38. The van der Waals surface area contributed by atoms with E-state index in [1.165, 1.54) is 0 Å². The Hall–Kier alpha value is -1.85. The quantitative estimate of drug-likeness (QED) is 0.592. The van der Waals surface area contributed by atoms with Crippen LogP contribution in [0.15, 0.2) is 30.9 Å². The van der Waals surface area contributed by atoms with Crippen molar-refractivity contribution in [1.82, 2.24) is 5.32 Å². The van der Waals surface area contributed by atoms with Crippen molar-refractivity contribution in [3.63, 3.8) is 0 Å². The molecule has 5 nitrogen and oxygen atoms in total. The lowest BCUT2D eigenvalue weighted by atomic mass is 10.0. The molecule has 21 heavy (non-hydrogen) atoms. The molecule has 1 unspecified atom stereocenters. The molecule has 1 aromatic rings. The van der Waals surface area contributed by atoms with Crippen molar-refractivity contribution in [2.75, 3.05) is 31.1 Å². The summed E-state index contributed by atoms with van der Waals surface area (Å²) in [4.78, 5) is 13.5. The van der Waals surface area contributed by atoms with Crippen LogP contribution in [-0.4, -0.2) is 37.3 Å². The zero-order valence-corrected chi connectivity index (χ0v) is 12.3. The summed E-state index contributed by atoms with van der Waals surface area (Å²) >= 11 is 0. The minimum Gasteiger partial charge on any atom is -0.482 e. The van der Waals surface area contributed by atoms with E-state index < -0.39 is 6.10 Å². The summed E-state index contributed by atoms with van der Waals surface area (Å²) in [6.45, 7) is 7.66. The number of nitrogens with one attached hydrogen (secondary N) is 1. The van der Waals surface area contributed by atoms with Gasteiger partial charge in [0.25, 0.3) is 5.91 Å². The number of anilines is 1. The highest BCUT2D eigenvalue weighted by atomic mass is 16.5. The van der Waals surface area contributed by atoms with E-state index in [0.717, 1.165) is 17.8 Å². The van der Waals surface area contributed by atoms with Gasteiger partial charge in [-0.15, -0.1) is 6.58 Å². The van der Waals surface area contributed by atoms with Gasteiger partial charge in [0.2, 0.25) is 0 Å². The zero-order chi connectivity index (χ0) is 15.2. The number of likely N-dealkylation sites (N-methyl/N-ethyl adjacent to an activating group) is 1. The summed E-state index contributed by atoms with van der Waals surface area (Å²) in [5, 5.41) is 13.4. The number of benzene rings is 1. The first-order chi connectivity index (χ1) is 10.2. The monoisotopic (exact) mass is 290 g/mol. The normalized spacial score (nSPS) is 15.3. The van der Waals surface area contributed by atoms with Crippen LogP contribution in [0.2, 0.25) is 0 Å². The average Bonchev–Trinajstić information content (AvgIpc) is 2.50. The Bertz CT molecular complexity index is 516. The third kappa shape index (κ3) is 3.62. The SMILES string of the molecule is C=CCNCCC(O)c1ccc2c(c1)N(CC)C(=O)CO2. The van der Waals surface area contributed by atoms with Gasteiger partial charge in [0.05, 0.1) is 11.8 Å². The lowest BCUT2D eigenvalue weighted by Gasteiger charge is -2.29. The Morgan fingerprint density at radius 2 is 2.38 bits per heavy atom. The highest BCUT2D eigenvalue weighted by Gasteiger charge is 2.25. The molecular formula is C16H22N2O3. The number of hydrogen-bond donors (Lipinski definition) is 2. The van der Waals surface area contributed by atoms with Gasteiger partial charge in [-0.1, -0.05) is 12.1 Å². The number of carbonyl (C=O) groups excluding carboxylic acids is 1. The summed E-state index contributed by atoms with van der Waals surface area (Å²) in [5.41, 5.74) is 1.54. The maximum absolute atomic E-state index is 11.8. The molecule has 114 valence electrons. The van der Waals surface area contributed by atoms with Crippen LogP contribution in [0, 0.1) is 0 Å². The Morgan fingerprint density at radius 1 is 1.57 bits per heavy atom. The molecule has 0 radical (unpaired) electrons. The number of nitrogens with zero attached hydrogens (tertiary/aromatic N) is 1.